The Morgan fingerprint density at radius 1 is 1.16 bits per heavy atom. The van der Waals surface area contributed by atoms with Gasteiger partial charge in [-0.25, -0.2) is 8.42 Å². The maximum atomic E-state index is 12.7. The lowest BCUT2D eigenvalue weighted by atomic mass is 9.74. The molecule has 1 N–H and O–H groups in total. The number of ether oxygens (including phenoxy) is 1. The summed E-state index contributed by atoms with van der Waals surface area (Å²) in [6.45, 7) is 2.94. The molecule has 6 nitrogen and oxygen atoms in total. The zero-order valence-corrected chi connectivity index (χ0v) is 19.7. The van der Waals surface area contributed by atoms with Gasteiger partial charge in [0.2, 0.25) is 5.91 Å². The number of benzene rings is 1. The highest BCUT2D eigenvalue weighted by molar-refractivity contribution is 7.91. The standard InChI is InChI=1S/C22H27ClN2O4S2/c23-18-5-3-4-17(14-18)22(8-12-29-13-9-22)16-24-20(26)15-19-6-7-21(30-19)31(27,28)25-10-1-2-11-25/h3-7,14H,1-2,8-13,15-16H2,(H,24,26). The van der Waals surface area contributed by atoms with E-state index in [1.54, 1.807) is 12.1 Å². The van der Waals surface area contributed by atoms with Crippen molar-refractivity contribution in [3.8, 4) is 0 Å². The molecule has 0 bridgehead atoms. The van der Waals surface area contributed by atoms with Crippen molar-refractivity contribution in [1.82, 2.24) is 9.62 Å². The van der Waals surface area contributed by atoms with Gasteiger partial charge in [-0.3, -0.25) is 4.79 Å². The van der Waals surface area contributed by atoms with Crippen LogP contribution in [0.1, 0.15) is 36.1 Å². The molecule has 2 aromatic rings. The molecule has 4 rings (SSSR count). The molecule has 2 fully saturated rings. The van der Waals surface area contributed by atoms with Crippen molar-refractivity contribution in [2.45, 2.75) is 41.7 Å². The highest BCUT2D eigenvalue weighted by atomic mass is 35.5. The minimum absolute atomic E-state index is 0.111. The second-order valence-corrected chi connectivity index (χ2v) is 12.0. The maximum Gasteiger partial charge on any atom is 0.252 e. The summed E-state index contributed by atoms with van der Waals surface area (Å²) in [6.07, 6.45) is 3.59. The number of sulfonamides is 1. The lowest BCUT2D eigenvalue weighted by Crippen LogP contribution is -2.45. The van der Waals surface area contributed by atoms with Gasteiger partial charge < -0.3 is 10.1 Å². The van der Waals surface area contributed by atoms with E-state index >= 15 is 0 Å². The number of carbonyl (C=O) groups is 1. The molecule has 1 aromatic heterocycles. The Labute approximate surface area is 192 Å². The van der Waals surface area contributed by atoms with Gasteiger partial charge in [-0.1, -0.05) is 23.7 Å². The molecule has 0 radical (unpaired) electrons. The van der Waals surface area contributed by atoms with Crippen LogP contribution in [0.3, 0.4) is 0 Å². The molecule has 9 heteroatoms. The third kappa shape index (κ3) is 5.14. The molecular weight excluding hydrogens is 456 g/mol. The first kappa shape index (κ1) is 22.7. The molecule has 2 aliphatic heterocycles. The van der Waals surface area contributed by atoms with Crippen LogP contribution < -0.4 is 5.32 Å². The molecule has 0 saturated carbocycles. The lowest BCUT2D eigenvalue weighted by molar-refractivity contribution is -0.120. The maximum absolute atomic E-state index is 12.7. The van der Waals surface area contributed by atoms with Crippen LogP contribution in [-0.4, -0.2) is 51.5 Å². The number of nitrogens with one attached hydrogen (secondary N) is 1. The van der Waals surface area contributed by atoms with Gasteiger partial charge in [0.25, 0.3) is 10.0 Å². The highest BCUT2D eigenvalue weighted by Gasteiger charge is 2.35. The summed E-state index contributed by atoms with van der Waals surface area (Å²) in [6, 6.07) is 11.2. The first-order valence-corrected chi connectivity index (χ1v) is 13.2. The number of nitrogens with zero attached hydrogens (tertiary/aromatic N) is 1. The molecule has 1 amide bonds. The third-order valence-corrected chi connectivity index (χ3v) is 9.83. The molecule has 168 valence electrons. The molecular formula is C22H27ClN2O4S2. The summed E-state index contributed by atoms with van der Waals surface area (Å²) >= 11 is 7.40. The van der Waals surface area contributed by atoms with E-state index < -0.39 is 10.0 Å². The fourth-order valence-corrected chi connectivity index (χ4v) is 7.50. The third-order valence-electron chi connectivity index (χ3n) is 6.14. The van der Waals surface area contributed by atoms with E-state index in [1.807, 2.05) is 18.2 Å². The van der Waals surface area contributed by atoms with Gasteiger partial charge in [-0.05, 0) is 55.5 Å². The summed E-state index contributed by atoms with van der Waals surface area (Å²) in [7, 11) is -3.44. The van der Waals surface area contributed by atoms with Crippen molar-refractivity contribution < 1.29 is 17.9 Å². The first-order valence-electron chi connectivity index (χ1n) is 10.6. The van der Waals surface area contributed by atoms with E-state index in [9.17, 15) is 13.2 Å². The van der Waals surface area contributed by atoms with Gasteiger partial charge in [-0.15, -0.1) is 11.3 Å². The van der Waals surface area contributed by atoms with E-state index in [2.05, 4.69) is 11.4 Å². The van der Waals surface area contributed by atoms with E-state index in [4.69, 9.17) is 16.3 Å². The molecule has 0 unspecified atom stereocenters. The predicted molar refractivity (Wildman–Crippen MR) is 122 cm³/mol. The van der Waals surface area contributed by atoms with Gasteiger partial charge in [0, 0.05) is 48.2 Å². The van der Waals surface area contributed by atoms with Crippen LogP contribution in [0.15, 0.2) is 40.6 Å². The van der Waals surface area contributed by atoms with Crippen molar-refractivity contribution in [2.75, 3.05) is 32.8 Å². The molecule has 3 heterocycles. The monoisotopic (exact) mass is 482 g/mol. The fourth-order valence-electron chi connectivity index (χ4n) is 4.28. The van der Waals surface area contributed by atoms with Gasteiger partial charge in [-0.2, -0.15) is 4.31 Å². The minimum Gasteiger partial charge on any atom is -0.381 e. The van der Waals surface area contributed by atoms with Gasteiger partial charge in [0.1, 0.15) is 4.21 Å². The second kappa shape index (κ2) is 9.58. The van der Waals surface area contributed by atoms with Crippen LogP contribution in [-0.2, 0) is 31.4 Å². The summed E-state index contributed by atoms with van der Waals surface area (Å²) in [5, 5.41) is 3.75. The van der Waals surface area contributed by atoms with E-state index in [1.165, 1.54) is 15.6 Å². The van der Waals surface area contributed by atoms with E-state index in [-0.39, 0.29) is 17.7 Å². The Bertz CT molecular complexity index is 1030. The molecule has 2 aliphatic rings. The van der Waals surface area contributed by atoms with E-state index in [0.717, 1.165) is 36.1 Å². The van der Waals surface area contributed by atoms with Gasteiger partial charge in [0.15, 0.2) is 0 Å². The molecule has 2 saturated heterocycles. The summed E-state index contributed by atoms with van der Waals surface area (Å²) in [5.41, 5.74) is 0.900. The van der Waals surface area contributed by atoms with Gasteiger partial charge >= 0.3 is 0 Å². The SMILES string of the molecule is O=C(Cc1ccc(S(=O)(=O)N2CCCC2)s1)NCC1(c2cccc(Cl)c2)CCOCC1. The second-order valence-electron chi connectivity index (χ2n) is 8.19. The minimum atomic E-state index is -3.44. The lowest BCUT2D eigenvalue weighted by Gasteiger charge is -2.38. The number of carbonyl (C=O) groups excluding carboxylic acids is 1. The summed E-state index contributed by atoms with van der Waals surface area (Å²) in [4.78, 5) is 13.4. The zero-order chi connectivity index (χ0) is 21.9. The quantitative estimate of drug-likeness (QED) is 0.654. The topological polar surface area (TPSA) is 75.7 Å². The Morgan fingerprint density at radius 2 is 1.90 bits per heavy atom. The Balaban J connectivity index is 1.41. The largest absolute Gasteiger partial charge is 0.381 e. The number of amides is 1. The highest BCUT2D eigenvalue weighted by Crippen LogP contribution is 2.35. The number of thiophene rings is 1. The number of rotatable bonds is 7. The number of hydrogen-bond acceptors (Lipinski definition) is 5. The van der Waals surface area contributed by atoms with Crippen LogP contribution in [0, 0.1) is 0 Å². The summed E-state index contributed by atoms with van der Waals surface area (Å²) in [5.74, 6) is -0.111. The van der Waals surface area contributed by atoms with Crippen LogP contribution in [0.25, 0.3) is 0 Å². The van der Waals surface area contributed by atoms with Crippen LogP contribution in [0.4, 0.5) is 0 Å². The Hall–Kier alpha value is -1.45. The smallest absolute Gasteiger partial charge is 0.252 e. The number of halogens is 1. The average Bonchev–Trinajstić information content (AvgIpc) is 3.46. The number of hydrogen-bond donors (Lipinski definition) is 1. The van der Waals surface area contributed by atoms with Crippen molar-refractivity contribution in [3.05, 3.63) is 51.9 Å². The predicted octanol–water partition coefficient (Wildman–Crippen LogP) is 3.59. The molecule has 0 atom stereocenters. The first-order chi connectivity index (χ1) is 14.9. The molecule has 31 heavy (non-hydrogen) atoms. The van der Waals surface area contributed by atoms with Crippen molar-refractivity contribution in [1.29, 1.82) is 0 Å². The summed E-state index contributed by atoms with van der Waals surface area (Å²) < 4.78 is 32.8. The molecule has 0 spiro atoms. The van der Waals surface area contributed by atoms with Crippen LogP contribution in [0.2, 0.25) is 5.02 Å². The van der Waals surface area contributed by atoms with E-state index in [0.29, 0.717) is 42.1 Å². The average molecular weight is 483 g/mol. The molecule has 1 aromatic carbocycles. The van der Waals surface area contributed by atoms with Gasteiger partial charge in [0.05, 0.1) is 6.42 Å². The fraction of sp³-hybridized carbons (Fsp3) is 0.500. The van der Waals surface area contributed by atoms with Crippen LogP contribution in [0.5, 0.6) is 0 Å². The Morgan fingerprint density at radius 3 is 2.61 bits per heavy atom. The van der Waals surface area contributed by atoms with Crippen molar-refractivity contribution in [3.63, 3.8) is 0 Å². The molecule has 0 aliphatic carbocycles. The Kier molecular flexibility index (Phi) is 7.03. The van der Waals surface area contributed by atoms with Crippen molar-refractivity contribution >= 4 is 38.9 Å². The van der Waals surface area contributed by atoms with Crippen LogP contribution >= 0.6 is 22.9 Å². The van der Waals surface area contributed by atoms with Crippen molar-refractivity contribution in [2.24, 2.45) is 0 Å². The normalized spacial score (nSPS) is 19.4. The zero-order valence-electron chi connectivity index (χ0n) is 17.3.